The predicted molar refractivity (Wildman–Crippen MR) is 138 cm³/mol. The van der Waals surface area contributed by atoms with Crippen molar-refractivity contribution in [3.8, 4) is 11.5 Å². The van der Waals surface area contributed by atoms with Gasteiger partial charge in [-0.15, -0.1) is 0 Å². The highest BCUT2D eigenvalue weighted by molar-refractivity contribution is 7.80. The molecule has 1 fully saturated rings. The van der Waals surface area contributed by atoms with Gasteiger partial charge in [-0.3, -0.25) is 24.5 Å². The molecular formula is C24H22ClN5O5S. The van der Waals surface area contributed by atoms with Crippen LogP contribution < -0.4 is 14.8 Å². The maximum absolute atomic E-state index is 13.0. The average molecular weight is 528 g/mol. The first-order valence-corrected chi connectivity index (χ1v) is 11.7. The van der Waals surface area contributed by atoms with Crippen molar-refractivity contribution >= 4 is 46.6 Å². The summed E-state index contributed by atoms with van der Waals surface area (Å²) >= 11 is 11.5. The van der Waals surface area contributed by atoms with Crippen LogP contribution in [-0.4, -0.2) is 37.7 Å². The van der Waals surface area contributed by atoms with Gasteiger partial charge in [0, 0.05) is 36.0 Å². The van der Waals surface area contributed by atoms with Crippen LogP contribution in [0.25, 0.3) is 6.08 Å². The zero-order valence-electron chi connectivity index (χ0n) is 19.4. The highest BCUT2D eigenvalue weighted by Crippen LogP contribution is 2.31. The van der Waals surface area contributed by atoms with Crippen molar-refractivity contribution in [1.82, 2.24) is 20.0 Å². The summed E-state index contributed by atoms with van der Waals surface area (Å²) in [5.74, 6) is 0.634. The van der Waals surface area contributed by atoms with Crippen LogP contribution in [0.5, 0.6) is 11.5 Å². The predicted octanol–water partition coefficient (Wildman–Crippen LogP) is 4.31. The summed E-state index contributed by atoms with van der Waals surface area (Å²) in [6, 6.07) is 9.38. The van der Waals surface area contributed by atoms with E-state index in [9.17, 15) is 14.9 Å². The van der Waals surface area contributed by atoms with Gasteiger partial charge in [0.05, 0.1) is 29.8 Å². The van der Waals surface area contributed by atoms with Crippen LogP contribution in [0, 0.1) is 10.1 Å². The van der Waals surface area contributed by atoms with Crippen LogP contribution in [0.3, 0.4) is 0 Å². The minimum atomic E-state index is -0.529. The fourth-order valence-corrected chi connectivity index (χ4v) is 4.09. The van der Waals surface area contributed by atoms with Crippen molar-refractivity contribution < 1.29 is 19.2 Å². The molecule has 1 aliphatic heterocycles. The molecule has 4 rings (SSSR count). The maximum atomic E-state index is 13.0. The number of carbonyl (C=O) groups excluding carboxylic acids is 1. The number of nitro groups is 1. The van der Waals surface area contributed by atoms with Gasteiger partial charge in [-0.2, -0.15) is 5.10 Å². The number of rotatable bonds is 9. The van der Waals surface area contributed by atoms with Crippen LogP contribution in [0.1, 0.15) is 23.6 Å². The number of methoxy groups -OCH3 is 1. The van der Waals surface area contributed by atoms with E-state index in [1.165, 1.54) is 30.2 Å². The number of carbonyl (C=O) groups is 1. The normalized spacial score (nSPS) is 14.3. The van der Waals surface area contributed by atoms with Crippen LogP contribution in [-0.2, 0) is 24.5 Å². The van der Waals surface area contributed by atoms with Gasteiger partial charge >= 0.3 is 0 Å². The van der Waals surface area contributed by atoms with Gasteiger partial charge in [-0.25, -0.2) is 0 Å². The lowest BCUT2D eigenvalue weighted by molar-refractivity contribution is -0.384. The summed E-state index contributed by atoms with van der Waals surface area (Å²) in [7, 11) is 1.54. The Balaban J connectivity index is 1.51. The number of nitrogens with one attached hydrogen (secondary N) is 1. The number of hydrogen-bond acceptors (Lipinski definition) is 7. The number of aryl methyl sites for hydroxylation is 1. The molecule has 1 amide bonds. The molecule has 0 atom stereocenters. The lowest BCUT2D eigenvalue weighted by Gasteiger charge is -2.12. The molecule has 0 bridgehead atoms. The van der Waals surface area contributed by atoms with Crippen molar-refractivity contribution in [3.63, 3.8) is 0 Å². The standard InChI is InChI=1S/C24H22ClN5O5S/c1-3-28-12-16(11-26-28)13-29-23(31)20(27-24(29)36)9-15-4-6-21(34-2)17(8-15)14-35-22-7-5-18(30(32)33)10-19(22)25/h4-12H,3,13-14H2,1-2H3,(H,27,36)/b20-9+. The van der Waals surface area contributed by atoms with E-state index in [1.807, 2.05) is 19.2 Å². The van der Waals surface area contributed by atoms with E-state index in [1.54, 1.807) is 29.1 Å². The Labute approximate surface area is 217 Å². The Morgan fingerprint density at radius 2 is 2.03 bits per heavy atom. The molecule has 0 spiro atoms. The van der Waals surface area contributed by atoms with Gasteiger partial charge in [0.1, 0.15) is 23.8 Å². The lowest BCUT2D eigenvalue weighted by atomic mass is 10.1. The van der Waals surface area contributed by atoms with Gasteiger partial charge in [-0.1, -0.05) is 17.7 Å². The molecule has 0 radical (unpaired) electrons. The fourth-order valence-electron chi connectivity index (χ4n) is 3.60. The first-order chi connectivity index (χ1) is 17.3. The number of nitro benzene ring substituents is 1. The Morgan fingerprint density at radius 3 is 2.69 bits per heavy atom. The van der Waals surface area contributed by atoms with Crippen molar-refractivity contribution in [3.05, 3.63) is 86.3 Å². The van der Waals surface area contributed by atoms with Crippen LogP contribution in [0.4, 0.5) is 5.69 Å². The minimum Gasteiger partial charge on any atom is -0.496 e. The second kappa shape index (κ2) is 10.8. The highest BCUT2D eigenvalue weighted by Gasteiger charge is 2.31. The first-order valence-electron chi connectivity index (χ1n) is 10.9. The quantitative estimate of drug-likeness (QED) is 0.190. The minimum absolute atomic E-state index is 0.0883. The molecule has 1 N–H and O–H groups in total. The summed E-state index contributed by atoms with van der Waals surface area (Å²) in [6.45, 7) is 3.13. The summed E-state index contributed by atoms with van der Waals surface area (Å²) in [5.41, 5.74) is 2.52. The van der Waals surface area contributed by atoms with Crippen molar-refractivity contribution in [1.29, 1.82) is 0 Å². The van der Waals surface area contributed by atoms with Crippen molar-refractivity contribution in [2.75, 3.05) is 7.11 Å². The zero-order valence-corrected chi connectivity index (χ0v) is 21.0. The Bertz CT molecular complexity index is 1370. The molecule has 2 heterocycles. The van der Waals surface area contributed by atoms with Gasteiger partial charge in [0.25, 0.3) is 11.6 Å². The van der Waals surface area contributed by atoms with E-state index < -0.39 is 4.92 Å². The Morgan fingerprint density at radius 1 is 1.25 bits per heavy atom. The summed E-state index contributed by atoms with van der Waals surface area (Å²) < 4.78 is 13.0. The molecule has 186 valence electrons. The molecule has 3 aromatic rings. The Hall–Kier alpha value is -3.96. The molecule has 0 saturated carbocycles. The average Bonchev–Trinajstić information content (AvgIpc) is 3.43. The number of halogens is 1. The van der Waals surface area contributed by atoms with Gasteiger partial charge in [0.15, 0.2) is 5.11 Å². The first kappa shape index (κ1) is 25.1. The molecule has 1 saturated heterocycles. The molecule has 1 aromatic heterocycles. The smallest absolute Gasteiger partial charge is 0.276 e. The van der Waals surface area contributed by atoms with E-state index in [4.69, 9.17) is 33.3 Å². The molecule has 36 heavy (non-hydrogen) atoms. The number of ether oxygens (including phenoxy) is 2. The third-order valence-electron chi connectivity index (χ3n) is 5.44. The SMILES string of the molecule is CCn1cc(CN2C(=O)/C(=C\c3ccc(OC)c(COc4ccc([N+](=O)[O-])cc4Cl)c3)NC2=S)cn1. The van der Waals surface area contributed by atoms with Crippen LogP contribution in [0.2, 0.25) is 5.02 Å². The van der Waals surface area contributed by atoms with Crippen LogP contribution in [0.15, 0.2) is 54.5 Å². The van der Waals surface area contributed by atoms with Crippen molar-refractivity contribution in [2.24, 2.45) is 0 Å². The maximum Gasteiger partial charge on any atom is 0.276 e. The molecular weight excluding hydrogens is 506 g/mol. The topological polar surface area (TPSA) is 112 Å². The molecule has 1 aliphatic rings. The summed E-state index contributed by atoms with van der Waals surface area (Å²) in [5, 5.41) is 18.6. The van der Waals surface area contributed by atoms with E-state index in [2.05, 4.69) is 10.4 Å². The van der Waals surface area contributed by atoms with Crippen LogP contribution >= 0.6 is 23.8 Å². The highest BCUT2D eigenvalue weighted by atomic mass is 35.5. The van der Waals surface area contributed by atoms with Gasteiger partial charge in [0.2, 0.25) is 0 Å². The number of thiocarbonyl (C=S) groups is 1. The fraction of sp³-hybridized carbons (Fsp3) is 0.208. The Kier molecular flexibility index (Phi) is 7.51. The number of amides is 1. The molecule has 2 aromatic carbocycles. The second-order valence-electron chi connectivity index (χ2n) is 7.82. The van der Waals surface area contributed by atoms with E-state index in [-0.39, 0.29) is 23.2 Å². The van der Waals surface area contributed by atoms with E-state index >= 15 is 0 Å². The van der Waals surface area contributed by atoms with Gasteiger partial charge in [-0.05, 0) is 49.0 Å². The molecule has 0 aliphatic carbocycles. The monoisotopic (exact) mass is 527 g/mol. The summed E-state index contributed by atoms with van der Waals surface area (Å²) in [4.78, 5) is 24.9. The largest absolute Gasteiger partial charge is 0.496 e. The zero-order chi connectivity index (χ0) is 25.8. The van der Waals surface area contributed by atoms with Crippen molar-refractivity contribution in [2.45, 2.75) is 26.6 Å². The third kappa shape index (κ3) is 5.47. The van der Waals surface area contributed by atoms with E-state index in [0.29, 0.717) is 34.4 Å². The summed E-state index contributed by atoms with van der Waals surface area (Å²) in [6.07, 6.45) is 5.30. The van der Waals surface area contributed by atoms with E-state index in [0.717, 1.165) is 17.7 Å². The van der Waals surface area contributed by atoms with Gasteiger partial charge < -0.3 is 14.8 Å². The number of aromatic nitrogens is 2. The number of hydrogen-bond donors (Lipinski definition) is 1. The molecule has 12 heteroatoms. The molecule has 10 nitrogen and oxygen atoms in total. The lowest BCUT2D eigenvalue weighted by Crippen LogP contribution is -2.29. The second-order valence-corrected chi connectivity index (χ2v) is 8.61. The number of non-ortho nitro benzene ring substituents is 1. The number of nitrogens with zero attached hydrogens (tertiary/aromatic N) is 4. The number of benzene rings is 2. The third-order valence-corrected chi connectivity index (χ3v) is 6.06. The molecule has 0 unspecified atom stereocenters.